The predicted molar refractivity (Wildman–Crippen MR) is 206 cm³/mol. The molecule has 0 N–H and O–H groups in total. The number of nitrogens with zero attached hydrogens (tertiary/aromatic N) is 3. The van der Waals surface area contributed by atoms with Crippen LogP contribution in [0.4, 0.5) is 0 Å². The number of hydrogen-bond donors (Lipinski definition) is 0. The average molecular weight is 638 g/mol. The van der Waals surface area contributed by atoms with Crippen LogP contribution in [0.15, 0.2) is 176 Å². The van der Waals surface area contributed by atoms with Crippen LogP contribution in [-0.2, 0) is 6.42 Å². The van der Waals surface area contributed by atoms with E-state index in [0.29, 0.717) is 0 Å². The second kappa shape index (κ2) is 11.5. The Morgan fingerprint density at radius 3 is 1.70 bits per heavy atom. The highest BCUT2D eigenvalue weighted by Crippen LogP contribution is 2.46. The monoisotopic (exact) mass is 637 g/mol. The lowest BCUT2D eigenvalue weighted by Gasteiger charge is -2.14. The minimum absolute atomic E-state index is 0.744. The van der Waals surface area contributed by atoms with Gasteiger partial charge < -0.3 is 4.57 Å². The van der Waals surface area contributed by atoms with Crippen molar-refractivity contribution in [3.8, 4) is 61.8 Å². The fraction of sp³-hybridized carbons (Fsp3) is 0.0213. The Morgan fingerprint density at radius 2 is 0.980 bits per heavy atom. The minimum atomic E-state index is 0.744. The third-order valence-electron chi connectivity index (χ3n) is 10.1. The highest BCUT2D eigenvalue weighted by molar-refractivity contribution is 6.09. The van der Waals surface area contributed by atoms with Crippen molar-refractivity contribution < 1.29 is 0 Å². The maximum absolute atomic E-state index is 5.34. The first-order chi connectivity index (χ1) is 24.8. The molecule has 0 amide bonds. The number of aromatic nitrogens is 3. The zero-order valence-electron chi connectivity index (χ0n) is 27.3. The van der Waals surface area contributed by atoms with Crippen LogP contribution < -0.4 is 0 Å². The summed E-state index contributed by atoms with van der Waals surface area (Å²) in [7, 11) is 0. The van der Waals surface area contributed by atoms with Gasteiger partial charge in [0.05, 0.1) is 22.4 Å². The lowest BCUT2D eigenvalue weighted by atomic mass is 9.95. The van der Waals surface area contributed by atoms with Crippen molar-refractivity contribution in [2.75, 3.05) is 0 Å². The van der Waals surface area contributed by atoms with Crippen LogP contribution in [-0.4, -0.2) is 14.5 Å². The molecule has 0 saturated carbocycles. The molecule has 0 fully saturated rings. The Morgan fingerprint density at radius 1 is 0.420 bits per heavy atom. The van der Waals surface area contributed by atoms with Gasteiger partial charge in [-0.15, -0.1) is 0 Å². The summed E-state index contributed by atoms with van der Waals surface area (Å²) in [5.74, 6) is 0.744. The lowest BCUT2D eigenvalue weighted by molar-refractivity contribution is 1.13. The first-order valence-corrected chi connectivity index (χ1v) is 17.1. The van der Waals surface area contributed by atoms with Gasteiger partial charge >= 0.3 is 0 Å². The summed E-state index contributed by atoms with van der Waals surface area (Å²) in [5, 5.41) is 2.52. The molecule has 7 aromatic carbocycles. The Bertz CT molecular complexity index is 2650. The molecule has 1 aliphatic rings. The maximum Gasteiger partial charge on any atom is 0.160 e. The van der Waals surface area contributed by atoms with E-state index in [1.165, 1.54) is 60.8 Å². The van der Waals surface area contributed by atoms with E-state index >= 15 is 0 Å². The van der Waals surface area contributed by atoms with Crippen LogP contribution >= 0.6 is 0 Å². The van der Waals surface area contributed by atoms with Gasteiger partial charge in [-0.3, -0.25) is 0 Å². The second-order valence-corrected chi connectivity index (χ2v) is 13.0. The van der Waals surface area contributed by atoms with Crippen molar-refractivity contribution in [2.24, 2.45) is 0 Å². The third kappa shape index (κ3) is 4.59. The Hall–Kier alpha value is -6.58. The number of hydrogen-bond acceptors (Lipinski definition) is 2. The van der Waals surface area contributed by atoms with Crippen LogP contribution in [0, 0.1) is 0 Å². The fourth-order valence-electron chi connectivity index (χ4n) is 7.74. The van der Waals surface area contributed by atoms with Gasteiger partial charge in [-0.05, 0) is 52.1 Å². The van der Waals surface area contributed by atoms with Gasteiger partial charge in [0.15, 0.2) is 5.82 Å². The molecule has 0 atom stereocenters. The molecule has 234 valence electrons. The Kier molecular flexibility index (Phi) is 6.56. The third-order valence-corrected chi connectivity index (χ3v) is 10.1. The van der Waals surface area contributed by atoms with Gasteiger partial charge in [0, 0.05) is 45.1 Å². The summed E-state index contributed by atoms with van der Waals surface area (Å²) >= 11 is 0. The molecule has 2 aromatic heterocycles. The zero-order valence-corrected chi connectivity index (χ0v) is 27.3. The smallest absolute Gasteiger partial charge is 0.160 e. The van der Waals surface area contributed by atoms with Crippen molar-refractivity contribution in [2.45, 2.75) is 6.42 Å². The molecule has 1 aliphatic carbocycles. The molecular formula is C47H31N3. The average Bonchev–Trinajstić information content (AvgIpc) is 3.74. The molecular weight excluding hydrogens is 607 g/mol. The Labute approximate surface area is 290 Å². The van der Waals surface area contributed by atoms with Gasteiger partial charge in [0.1, 0.15) is 0 Å². The molecule has 0 unspecified atom stereocenters. The van der Waals surface area contributed by atoms with Crippen molar-refractivity contribution in [3.63, 3.8) is 0 Å². The van der Waals surface area contributed by atoms with E-state index in [4.69, 9.17) is 9.97 Å². The van der Waals surface area contributed by atoms with Crippen LogP contribution in [0.25, 0.3) is 83.6 Å². The van der Waals surface area contributed by atoms with Gasteiger partial charge in [-0.25, -0.2) is 9.97 Å². The van der Waals surface area contributed by atoms with Crippen molar-refractivity contribution in [3.05, 3.63) is 187 Å². The molecule has 0 bridgehead atoms. The summed E-state index contributed by atoms with van der Waals surface area (Å²) in [6.07, 6.45) is 0.788. The molecule has 3 nitrogen and oxygen atoms in total. The molecule has 3 heteroatoms. The summed E-state index contributed by atoms with van der Waals surface area (Å²) < 4.78 is 2.39. The molecule has 0 radical (unpaired) electrons. The topological polar surface area (TPSA) is 30.7 Å². The van der Waals surface area contributed by atoms with Crippen molar-refractivity contribution in [1.29, 1.82) is 0 Å². The van der Waals surface area contributed by atoms with Crippen LogP contribution in [0.3, 0.4) is 0 Å². The van der Waals surface area contributed by atoms with Gasteiger partial charge in [0.25, 0.3) is 0 Å². The second-order valence-electron chi connectivity index (χ2n) is 13.0. The standard InChI is InChI=1S/C47H31N3/c1-3-13-31(14-4-1)32-25-27-33(28-26-32)45-41-30-36-18-12-22-38(44(36)46(41)49-47(48-45)34-15-5-2-6-16-34)35-17-11-19-37(29-35)50-42-23-9-7-20-39(42)40-21-8-10-24-43(40)50/h1-29H,30H2. The summed E-state index contributed by atoms with van der Waals surface area (Å²) in [6.45, 7) is 0. The van der Waals surface area contributed by atoms with Crippen LogP contribution in [0.2, 0.25) is 0 Å². The van der Waals surface area contributed by atoms with Gasteiger partial charge in [0.2, 0.25) is 0 Å². The maximum atomic E-state index is 5.34. The number of para-hydroxylation sites is 2. The summed E-state index contributed by atoms with van der Waals surface area (Å²) in [5.41, 5.74) is 16.1. The van der Waals surface area contributed by atoms with E-state index in [9.17, 15) is 0 Å². The fourth-order valence-corrected chi connectivity index (χ4v) is 7.74. The molecule has 9 aromatic rings. The van der Waals surface area contributed by atoms with Gasteiger partial charge in [-0.2, -0.15) is 0 Å². The van der Waals surface area contributed by atoms with E-state index in [2.05, 4.69) is 174 Å². The molecule has 10 rings (SSSR count). The molecule has 0 aliphatic heterocycles. The van der Waals surface area contributed by atoms with Crippen LogP contribution in [0.1, 0.15) is 11.1 Å². The molecule has 2 heterocycles. The SMILES string of the molecule is c1ccc(-c2ccc(-c3nc(-c4ccccc4)nc4c3Cc3cccc(-c5cccc(-n6c7ccccc7c7ccccc76)c5)c3-4)cc2)cc1. The summed E-state index contributed by atoms with van der Waals surface area (Å²) in [6, 6.07) is 62.7. The number of fused-ring (bicyclic) bond motifs is 6. The molecule has 0 saturated heterocycles. The predicted octanol–water partition coefficient (Wildman–Crippen LogP) is 11.8. The highest BCUT2D eigenvalue weighted by Gasteiger charge is 2.28. The first kappa shape index (κ1) is 28.4. The van der Waals surface area contributed by atoms with Crippen LogP contribution in [0.5, 0.6) is 0 Å². The Balaban J connectivity index is 1.15. The largest absolute Gasteiger partial charge is 0.309 e. The first-order valence-electron chi connectivity index (χ1n) is 17.1. The lowest BCUT2D eigenvalue weighted by Crippen LogP contribution is -1.99. The van der Waals surface area contributed by atoms with E-state index in [1.807, 2.05) is 6.07 Å². The van der Waals surface area contributed by atoms with Gasteiger partial charge in [-0.1, -0.05) is 152 Å². The quantitative estimate of drug-likeness (QED) is 0.188. The van der Waals surface area contributed by atoms with E-state index in [-0.39, 0.29) is 0 Å². The number of rotatable bonds is 5. The van der Waals surface area contributed by atoms with E-state index < -0.39 is 0 Å². The summed E-state index contributed by atoms with van der Waals surface area (Å²) in [4.78, 5) is 10.6. The molecule has 50 heavy (non-hydrogen) atoms. The minimum Gasteiger partial charge on any atom is -0.309 e. The normalized spacial score (nSPS) is 11.9. The van der Waals surface area contributed by atoms with Crippen molar-refractivity contribution >= 4 is 21.8 Å². The molecule has 0 spiro atoms. The van der Waals surface area contributed by atoms with E-state index in [1.54, 1.807) is 0 Å². The van der Waals surface area contributed by atoms with E-state index in [0.717, 1.165) is 40.4 Å². The highest BCUT2D eigenvalue weighted by atomic mass is 15.0. The number of benzene rings is 7. The zero-order chi connectivity index (χ0) is 33.0. The van der Waals surface area contributed by atoms with Crippen molar-refractivity contribution in [1.82, 2.24) is 14.5 Å².